The third-order valence-electron chi connectivity index (χ3n) is 2.48. The SMILES string of the molecule is C=CCNc1nccn1-c1ccc(C)c(Br)c1. The lowest BCUT2D eigenvalue weighted by Gasteiger charge is -2.09. The molecule has 0 aliphatic carbocycles. The third-order valence-corrected chi connectivity index (χ3v) is 3.33. The number of anilines is 1. The Balaban J connectivity index is 2.35. The summed E-state index contributed by atoms with van der Waals surface area (Å²) in [6.45, 7) is 6.45. The smallest absolute Gasteiger partial charge is 0.207 e. The molecule has 0 radical (unpaired) electrons. The van der Waals surface area contributed by atoms with Crippen molar-refractivity contribution < 1.29 is 0 Å². The van der Waals surface area contributed by atoms with Crippen LogP contribution in [0, 0.1) is 6.92 Å². The van der Waals surface area contributed by atoms with Crippen molar-refractivity contribution in [2.45, 2.75) is 6.92 Å². The summed E-state index contributed by atoms with van der Waals surface area (Å²) in [6, 6.07) is 6.23. The Morgan fingerprint density at radius 3 is 3.06 bits per heavy atom. The number of halogens is 1. The number of aryl methyl sites for hydroxylation is 1. The molecule has 0 saturated heterocycles. The predicted molar refractivity (Wildman–Crippen MR) is 74.7 cm³/mol. The minimum atomic E-state index is 0.698. The van der Waals surface area contributed by atoms with Crippen LogP contribution >= 0.6 is 15.9 Å². The van der Waals surface area contributed by atoms with Gasteiger partial charge in [0.2, 0.25) is 5.95 Å². The fourth-order valence-electron chi connectivity index (χ4n) is 1.54. The molecular weight excluding hydrogens is 278 g/mol. The van der Waals surface area contributed by atoms with E-state index in [-0.39, 0.29) is 0 Å². The van der Waals surface area contributed by atoms with Crippen LogP contribution in [0.1, 0.15) is 5.56 Å². The second kappa shape index (κ2) is 5.19. The molecule has 1 N–H and O–H groups in total. The molecule has 0 bridgehead atoms. The van der Waals surface area contributed by atoms with E-state index in [0.717, 1.165) is 16.1 Å². The maximum atomic E-state index is 4.27. The molecule has 1 heterocycles. The lowest BCUT2D eigenvalue weighted by Crippen LogP contribution is -2.05. The van der Waals surface area contributed by atoms with E-state index in [2.05, 4.69) is 57.9 Å². The van der Waals surface area contributed by atoms with Gasteiger partial charge in [0, 0.05) is 29.1 Å². The van der Waals surface area contributed by atoms with Gasteiger partial charge in [-0.1, -0.05) is 28.1 Å². The first-order chi connectivity index (χ1) is 8.22. The number of benzene rings is 1. The molecule has 0 atom stereocenters. The molecule has 0 aliphatic rings. The van der Waals surface area contributed by atoms with E-state index in [1.54, 1.807) is 6.20 Å². The van der Waals surface area contributed by atoms with E-state index in [9.17, 15) is 0 Å². The maximum Gasteiger partial charge on any atom is 0.207 e. The molecular formula is C13H14BrN3. The average molecular weight is 292 g/mol. The zero-order valence-electron chi connectivity index (χ0n) is 9.65. The number of rotatable bonds is 4. The van der Waals surface area contributed by atoms with Crippen LogP contribution in [0.25, 0.3) is 5.69 Å². The van der Waals surface area contributed by atoms with E-state index in [4.69, 9.17) is 0 Å². The normalized spacial score (nSPS) is 10.2. The molecule has 2 aromatic rings. The summed E-state index contributed by atoms with van der Waals surface area (Å²) < 4.78 is 3.10. The number of nitrogens with zero attached hydrogens (tertiary/aromatic N) is 2. The quantitative estimate of drug-likeness (QED) is 0.873. The molecule has 1 aromatic carbocycles. The van der Waals surface area contributed by atoms with Gasteiger partial charge in [0.05, 0.1) is 0 Å². The van der Waals surface area contributed by atoms with Gasteiger partial charge in [-0.3, -0.25) is 4.57 Å². The van der Waals surface area contributed by atoms with Gasteiger partial charge in [-0.25, -0.2) is 4.98 Å². The van der Waals surface area contributed by atoms with Crippen LogP contribution in [0.2, 0.25) is 0 Å². The Morgan fingerprint density at radius 1 is 1.53 bits per heavy atom. The molecule has 0 aliphatic heterocycles. The Bertz CT molecular complexity index is 531. The van der Waals surface area contributed by atoms with Crippen LogP contribution < -0.4 is 5.32 Å². The first-order valence-corrected chi connectivity index (χ1v) is 6.16. The minimum Gasteiger partial charge on any atom is -0.352 e. The molecule has 17 heavy (non-hydrogen) atoms. The fourth-order valence-corrected chi connectivity index (χ4v) is 1.90. The second-order valence-electron chi connectivity index (χ2n) is 3.72. The maximum absolute atomic E-state index is 4.27. The fraction of sp³-hybridized carbons (Fsp3) is 0.154. The van der Waals surface area contributed by atoms with Crippen molar-refractivity contribution in [2.75, 3.05) is 11.9 Å². The standard InChI is InChI=1S/C13H14BrN3/c1-3-6-15-13-16-7-8-17(13)11-5-4-10(2)12(14)9-11/h3-5,7-9H,1,6H2,2H3,(H,15,16). The van der Waals surface area contributed by atoms with Crippen molar-refractivity contribution in [1.82, 2.24) is 9.55 Å². The molecule has 2 rings (SSSR count). The van der Waals surface area contributed by atoms with Crippen molar-refractivity contribution in [3.63, 3.8) is 0 Å². The van der Waals surface area contributed by atoms with Crippen molar-refractivity contribution in [3.8, 4) is 5.69 Å². The summed E-state index contributed by atoms with van der Waals surface area (Å²) >= 11 is 3.54. The van der Waals surface area contributed by atoms with E-state index >= 15 is 0 Å². The third kappa shape index (κ3) is 2.58. The van der Waals surface area contributed by atoms with Gasteiger partial charge in [-0.2, -0.15) is 0 Å². The van der Waals surface area contributed by atoms with E-state index in [1.807, 2.05) is 16.8 Å². The van der Waals surface area contributed by atoms with Gasteiger partial charge in [0.1, 0.15) is 0 Å². The molecule has 0 unspecified atom stereocenters. The highest BCUT2D eigenvalue weighted by Crippen LogP contribution is 2.22. The Hall–Kier alpha value is -1.55. The van der Waals surface area contributed by atoms with Crippen LogP contribution in [0.3, 0.4) is 0 Å². The summed E-state index contributed by atoms with van der Waals surface area (Å²) in [7, 11) is 0. The molecule has 0 saturated carbocycles. The summed E-state index contributed by atoms with van der Waals surface area (Å²) in [6.07, 6.45) is 5.52. The number of nitrogens with one attached hydrogen (secondary N) is 1. The lowest BCUT2D eigenvalue weighted by molar-refractivity contribution is 1.04. The topological polar surface area (TPSA) is 29.9 Å². The summed E-state index contributed by atoms with van der Waals surface area (Å²) in [5.41, 5.74) is 2.29. The highest BCUT2D eigenvalue weighted by molar-refractivity contribution is 9.10. The van der Waals surface area contributed by atoms with Gasteiger partial charge in [-0.15, -0.1) is 6.58 Å². The van der Waals surface area contributed by atoms with Crippen molar-refractivity contribution in [1.29, 1.82) is 0 Å². The molecule has 0 amide bonds. The predicted octanol–water partition coefficient (Wildman–Crippen LogP) is 3.54. The van der Waals surface area contributed by atoms with Gasteiger partial charge < -0.3 is 5.32 Å². The van der Waals surface area contributed by atoms with Crippen molar-refractivity contribution in [3.05, 3.63) is 53.3 Å². The second-order valence-corrected chi connectivity index (χ2v) is 4.58. The van der Waals surface area contributed by atoms with Gasteiger partial charge in [0.25, 0.3) is 0 Å². The highest BCUT2D eigenvalue weighted by Gasteiger charge is 2.05. The van der Waals surface area contributed by atoms with Crippen LogP contribution in [0.4, 0.5) is 5.95 Å². The number of hydrogen-bond acceptors (Lipinski definition) is 2. The van der Waals surface area contributed by atoms with Crippen molar-refractivity contribution >= 4 is 21.9 Å². The van der Waals surface area contributed by atoms with Crippen LogP contribution in [-0.2, 0) is 0 Å². The number of imidazole rings is 1. The Morgan fingerprint density at radius 2 is 2.35 bits per heavy atom. The average Bonchev–Trinajstić information content (AvgIpc) is 2.78. The first-order valence-electron chi connectivity index (χ1n) is 5.37. The zero-order valence-corrected chi connectivity index (χ0v) is 11.2. The zero-order chi connectivity index (χ0) is 12.3. The van der Waals surface area contributed by atoms with Crippen LogP contribution in [-0.4, -0.2) is 16.1 Å². The molecule has 0 spiro atoms. The summed E-state index contributed by atoms with van der Waals surface area (Å²) in [5.74, 6) is 0.820. The molecule has 0 fully saturated rings. The molecule has 3 nitrogen and oxygen atoms in total. The Labute approximate surface area is 109 Å². The van der Waals surface area contributed by atoms with Gasteiger partial charge in [0.15, 0.2) is 0 Å². The van der Waals surface area contributed by atoms with Gasteiger partial charge >= 0.3 is 0 Å². The van der Waals surface area contributed by atoms with E-state index < -0.39 is 0 Å². The van der Waals surface area contributed by atoms with E-state index in [1.165, 1.54) is 5.56 Å². The molecule has 88 valence electrons. The summed E-state index contributed by atoms with van der Waals surface area (Å²) in [5, 5.41) is 3.19. The Kier molecular flexibility index (Phi) is 3.64. The molecule has 1 aromatic heterocycles. The number of aromatic nitrogens is 2. The summed E-state index contributed by atoms with van der Waals surface area (Å²) in [4.78, 5) is 4.27. The lowest BCUT2D eigenvalue weighted by atomic mass is 10.2. The molecule has 4 heteroatoms. The highest BCUT2D eigenvalue weighted by atomic mass is 79.9. The van der Waals surface area contributed by atoms with Crippen molar-refractivity contribution in [2.24, 2.45) is 0 Å². The van der Waals surface area contributed by atoms with Crippen LogP contribution in [0.5, 0.6) is 0 Å². The minimum absolute atomic E-state index is 0.698. The largest absolute Gasteiger partial charge is 0.352 e. The number of hydrogen-bond donors (Lipinski definition) is 1. The monoisotopic (exact) mass is 291 g/mol. The van der Waals surface area contributed by atoms with E-state index in [0.29, 0.717) is 6.54 Å². The van der Waals surface area contributed by atoms with Gasteiger partial charge in [-0.05, 0) is 24.6 Å². The van der Waals surface area contributed by atoms with Crippen LogP contribution in [0.15, 0.2) is 47.7 Å². The first kappa shape index (κ1) is 11.9.